The number of carbonyl (C=O) groups excluding carboxylic acids is 3. The SMILES string of the molecule is O=C(CN1C(=O)[C@@H]2CCCC[C@H]2C1=O)Nc1nc2ccc(Br)cc2s1. The summed E-state index contributed by atoms with van der Waals surface area (Å²) in [6, 6.07) is 5.68. The second kappa shape index (κ2) is 6.49. The summed E-state index contributed by atoms with van der Waals surface area (Å²) in [5, 5.41) is 3.17. The summed E-state index contributed by atoms with van der Waals surface area (Å²) < 4.78 is 1.89. The second-order valence-corrected chi connectivity index (χ2v) is 8.39. The molecule has 25 heavy (non-hydrogen) atoms. The molecule has 1 saturated carbocycles. The molecule has 2 atom stereocenters. The van der Waals surface area contributed by atoms with Crippen molar-refractivity contribution in [3.63, 3.8) is 0 Å². The number of likely N-dealkylation sites (tertiary alicyclic amines) is 1. The van der Waals surface area contributed by atoms with Crippen molar-refractivity contribution >= 4 is 60.3 Å². The van der Waals surface area contributed by atoms with E-state index in [0.717, 1.165) is 45.3 Å². The van der Waals surface area contributed by atoms with Crippen molar-refractivity contribution in [3.05, 3.63) is 22.7 Å². The maximum Gasteiger partial charge on any atom is 0.246 e. The van der Waals surface area contributed by atoms with Crippen molar-refractivity contribution < 1.29 is 14.4 Å². The number of halogens is 1. The van der Waals surface area contributed by atoms with Crippen molar-refractivity contribution in [1.29, 1.82) is 0 Å². The zero-order chi connectivity index (χ0) is 17.6. The van der Waals surface area contributed by atoms with Crippen LogP contribution in [0, 0.1) is 11.8 Å². The number of rotatable bonds is 3. The average Bonchev–Trinajstić information content (AvgIpc) is 3.09. The minimum absolute atomic E-state index is 0.196. The van der Waals surface area contributed by atoms with E-state index in [1.807, 2.05) is 18.2 Å². The number of fused-ring (bicyclic) bond motifs is 2. The standard InChI is InChI=1S/C17H16BrN3O3S/c18-9-5-6-12-13(7-9)25-17(19-12)20-14(22)8-21-15(23)10-3-1-2-4-11(10)16(21)24/h5-7,10-11H,1-4,8H2,(H,19,20,22)/t10-,11-/m1/s1. The van der Waals surface area contributed by atoms with Crippen LogP contribution in [-0.4, -0.2) is 34.2 Å². The third-order valence-corrected chi connectivity index (χ3v) is 6.26. The molecule has 0 spiro atoms. The van der Waals surface area contributed by atoms with Gasteiger partial charge in [0, 0.05) is 4.47 Å². The highest BCUT2D eigenvalue weighted by Crippen LogP contribution is 2.38. The number of aromatic nitrogens is 1. The molecule has 2 aliphatic rings. The smallest absolute Gasteiger partial charge is 0.246 e. The van der Waals surface area contributed by atoms with Crippen LogP contribution in [0.5, 0.6) is 0 Å². The third kappa shape index (κ3) is 3.08. The highest BCUT2D eigenvalue weighted by atomic mass is 79.9. The van der Waals surface area contributed by atoms with Gasteiger partial charge in [-0.2, -0.15) is 0 Å². The Labute approximate surface area is 156 Å². The second-order valence-electron chi connectivity index (χ2n) is 6.44. The van der Waals surface area contributed by atoms with Crippen LogP contribution in [-0.2, 0) is 14.4 Å². The Bertz CT molecular complexity index is 857. The van der Waals surface area contributed by atoms with E-state index in [2.05, 4.69) is 26.2 Å². The predicted molar refractivity (Wildman–Crippen MR) is 98.1 cm³/mol. The number of nitrogens with one attached hydrogen (secondary N) is 1. The molecule has 6 nitrogen and oxygen atoms in total. The van der Waals surface area contributed by atoms with Crippen molar-refractivity contribution in [2.75, 3.05) is 11.9 Å². The molecule has 0 bridgehead atoms. The zero-order valence-corrected chi connectivity index (χ0v) is 15.7. The summed E-state index contributed by atoms with van der Waals surface area (Å²) >= 11 is 4.76. The zero-order valence-electron chi connectivity index (χ0n) is 13.3. The molecule has 0 unspecified atom stereocenters. The van der Waals surface area contributed by atoms with Gasteiger partial charge in [-0.15, -0.1) is 0 Å². The van der Waals surface area contributed by atoms with Crippen LogP contribution in [0.3, 0.4) is 0 Å². The van der Waals surface area contributed by atoms with Crippen LogP contribution in [0.15, 0.2) is 22.7 Å². The summed E-state index contributed by atoms with van der Waals surface area (Å²) in [6.45, 7) is -0.232. The Balaban J connectivity index is 1.46. The van der Waals surface area contributed by atoms with E-state index in [1.54, 1.807) is 0 Å². The largest absolute Gasteiger partial charge is 0.300 e. The van der Waals surface area contributed by atoms with Crippen molar-refractivity contribution in [3.8, 4) is 0 Å². The van der Waals surface area contributed by atoms with E-state index < -0.39 is 5.91 Å². The fourth-order valence-electron chi connectivity index (χ4n) is 3.64. The number of hydrogen-bond donors (Lipinski definition) is 1. The number of nitrogens with zero attached hydrogens (tertiary/aromatic N) is 2. The van der Waals surface area contributed by atoms with Gasteiger partial charge < -0.3 is 5.32 Å². The van der Waals surface area contributed by atoms with Gasteiger partial charge in [0.15, 0.2) is 5.13 Å². The molecule has 1 aromatic carbocycles. The number of anilines is 1. The van der Waals surface area contributed by atoms with Crippen LogP contribution in [0.25, 0.3) is 10.2 Å². The molecule has 1 saturated heterocycles. The molecule has 130 valence electrons. The van der Waals surface area contributed by atoms with Crippen molar-refractivity contribution in [2.45, 2.75) is 25.7 Å². The van der Waals surface area contributed by atoms with E-state index in [4.69, 9.17) is 0 Å². The van der Waals surface area contributed by atoms with Crippen LogP contribution >= 0.6 is 27.3 Å². The Hall–Kier alpha value is -1.80. The van der Waals surface area contributed by atoms with Crippen LogP contribution < -0.4 is 5.32 Å². The van der Waals surface area contributed by atoms with Gasteiger partial charge in [0.1, 0.15) is 6.54 Å². The van der Waals surface area contributed by atoms with Crippen molar-refractivity contribution in [2.24, 2.45) is 11.8 Å². The Morgan fingerprint density at radius 1 is 1.24 bits per heavy atom. The first-order chi connectivity index (χ1) is 12.0. The first-order valence-corrected chi connectivity index (χ1v) is 9.85. The molecule has 2 heterocycles. The minimum atomic E-state index is -0.390. The van der Waals surface area contributed by atoms with E-state index >= 15 is 0 Å². The first kappa shape index (κ1) is 16.7. The lowest BCUT2D eigenvalue weighted by molar-refractivity contribution is -0.142. The van der Waals surface area contributed by atoms with E-state index in [1.165, 1.54) is 11.3 Å². The Morgan fingerprint density at radius 3 is 2.60 bits per heavy atom. The average molecular weight is 422 g/mol. The molecular weight excluding hydrogens is 406 g/mol. The van der Waals surface area contributed by atoms with E-state index in [0.29, 0.717) is 5.13 Å². The maximum absolute atomic E-state index is 12.4. The number of thiazole rings is 1. The quantitative estimate of drug-likeness (QED) is 0.771. The van der Waals surface area contributed by atoms with E-state index in [-0.39, 0.29) is 30.2 Å². The number of hydrogen-bond acceptors (Lipinski definition) is 5. The van der Waals surface area contributed by atoms with Gasteiger partial charge in [-0.1, -0.05) is 40.1 Å². The number of amides is 3. The van der Waals surface area contributed by atoms with Crippen LogP contribution in [0.4, 0.5) is 5.13 Å². The van der Waals surface area contributed by atoms with Crippen LogP contribution in [0.2, 0.25) is 0 Å². The molecule has 3 amide bonds. The molecule has 2 aromatic rings. The molecule has 2 fully saturated rings. The summed E-state index contributed by atoms with van der Waals surface area (Å²) in [5.74, 6) is -1.24. The molecule has 8 heteroatoms. The highest BCUT2D eigenvalue weighted by molar-refractivity contribution is 9.10. The summed E-state index contributed by atoms with van der Waals surface area (Å²) in [4.78, 5) is 42.6. The summed E-state index contributed by atoms with van der Waals surface area (Å²) in [6.07, 6.45) is 3.45. The van der Waals surface area contributed by atoms with Gasteiger partial charge >= 0.3 is 0 Å². The lowest BCUT2D eigenvalue weighted by Crippen LogP contribution is -2.38. The minimum Gasteiger partial charge on any atom is -0.300 e. The van der Waals surface area contributed by atoms with Gasteiger partial charge in [-0.05, 0) is 31.0 Å². The lowest BCUT2D eigenvalue weighted by atomic mass is 9.81. The molecular formula is C17H16BrN3O3S. The van der Waals surface area contributed by atoms with Gasteiger partial charge in [0.25, 0.3) is 0 Å². The molecule has 1 aromatic heterocycles. The fraction of sp³-hybridized carbons (Fsp3) is 0.412. The monoisotopic (exact) mass is 421 g/mol. The molecule has 1 aliphatic heterocycles. The molecule has 0 radical (unpaired) electrons. The summed E-state index contributed by atoms with van der Waals surface area (Å²) in [7, 11) is 0. The Morgan fingerprint density at radius 2 is 1.92 bits per heavy atom. The third-order valence-electron chi connectivity index (χ3n) is 4.83. The number of imide groups is 1. The van der Waals surface area contributed by atoms with Gasteiger partial charge in [0.2, 0.25) is 17.7 Å². The van der Waals surface area contributed by atoms with Gasteiger partial charge in [-0.3, -0.25) is 19.3 Å². The first-order valence-electron chi connectivity index (χ1n) is 8.24. The highest BCUT2D eigenvalue weighted by Gasteiger charge is 2.48. The molecule has 1 aliphatic carbocycles. The topological polar surface area (TPSA) is 79.4 Å². The number of carbonyl (C=O) groups is 3. The Kier molecular flexibility index (Phi) is 4.33. The van der Waals surface area contributed by atoms with Gasteiger partial charge in [0.05, 0.1) is 22.1 Å². The normalized spacial score (nSPS) is 23.2. The number of benzene rings is 1. The maximum atomic E-state index is 12.4. The predicted octanol–water partition coefficient (Wildman–Crippen LogP) is 3.17. The van der Waals surface area contributed by atoms with Gasteiger partial charge in [-0.25, -0.2) is 4.98 Å². The summed E-state index contributed by atoms with van der Waals surface area (Å²) in [5.41, 5.74) is 0.794. The lowest BCUT2D eigenvalue weighted by Gasteiger charge is -2.19. The van der Waals surface area contributed by atoms with Crippen molar-refractivity contribution in [1.82, 2.24) is 9.88 Å². The molecule has 1 N–H and O–H groups in total. The van der Waals surface area contributed by atoms with E-state index in [9.17, 15) is 14.4 Å². The molecule has 4 rings (SSSR count). The van der Waals surface area contributed by atoms with Crippen LogP contribution in [0.1, 0.15) is 25.7 Å². The fourth-order valence-corrected chi connectivity index (χ4v) is 5.08.